The van der Waals surface area contributed by atoms with Gasteiger partial charge in [0.1, 0.15) is 0 Å². The number of rotatable bonds is 5. The first-order valence-electron chi connectivity index (χ1n) is 3.32. The lowest BCUT2D eigenvalue weighted by atomic mass is 10.5. The molecule has 0 aliphatic rings. The molecule has 2 N–H and O–H groups in total. The average Bonchev–Trinajstić information content (AvgIpc) is 1.98. The first kappa shape index (κ1) is 9.81. The molecule has 0 radical (unpaired) electrons. The van der Waals surface area contributed by atoms with Gasteiger partial charge < -0.3 is 10.2 Å². The standard InChI is InChI=1S/C6H14N2OS/c1-3-6(10)8-7-4-5-9-2/h7H,3-5H2,1-2H3,(H,8,10). The molecular formula is C6H14N2OS. The summed E-state index contributed by atoms with van der Waals surface area (Å²) < 4.78 is 4.81. The van der Waals surface area contributed by atoms with Crippen LogP contribution < -0.4 is 10.9 Å². The maximum absolute atomic E-state index is 4.89. The first-order valence-corrected chi connectivity index (χ1v) is 3.72. The number of hydrogen-bond donors (Lipinski definition) is 2. The summed E-state index contributed by atoms with van der Waals surface area (Å²) in [5.41, 5.74) is 5.79. The molecule has 0 fully saturated rings. The summed E-state index contributed by atoms with van der Waals surface area (Å²) in [6.45, 7) is 3.48. The predicted octanol–water partition coefficient (Wildman–Crippen LogP) is 0.464. The maximum Gasteiger partial charge on any atom is 0.0892 e. The van der Waals surface area contributed by atoms with Gasteiger partial charge in [0.2, 0.25) is 0 Å². The van der Waals surface area contributed by atoms with Gasteiger partial charge in [0.05, 0.1) is 11.6 Å². The highest BCUT2D eigenvalue weighted by Gasteiger charge is 1.87. The molecule has 0 spiro atoms. The lowest BCUT2D eigenvalue weighted by Gasteiger charge is -2.06. The van der Waals surface area contributed by atoms with Crippen LogP contribution in [0.1, 0.15) is 13.3 Å². The topological polar surface area (TPSA) is 33.3 Å². The molecule has 0 saturated carbocycles. The normalized spacial score (nSPS) is 9.40. The van der Waals surface area contributed by atoms with Crippen LogP contribution in [0.15, 0.2) is 0 Å². The van der Waals surface area contributed by atoms with Crippen LogP contribution in [0.4, 0.5) is 0 Å². The lowest BCUT2D eigenvalue weighted by molar-refractivity contribution is 0.198. The quantitative estimate of drug-likeness (QED) is 0.350. The highest BCUT2D eigenvalue weighted by atomic mass is 32.1. The largest absolute Gasteiger partial charge is 0.383 e. The monoisotopic (exact) mass is 162 g/mol. The molecule has 0 unspecified atom stereocenters. The number of hydrogen-bond acceptors (Lipinski definition) is 3. The van der Waals surface area contributed by atoms with Crippen molar-refractivity contribution in [2.75, 3.05) is 20.3 Å². The van der Waals surface area contributed by atoms with Gasteiger partial charge in [-0.3, -0.25) is 0 Å². The summed E-state index contributed by atoms with van der Waals surface area (Å²) in [7, 11) is 1.67. The summed E-state index contributed by atoms with van der Waals surface area (Å²) in [4.78, 5) is 0.830. The minimum Gasteiger partial charge on any atom is -0.383 e. The SMILES string of the molecule is CCC(=S)NNCCOC. The lowest BCUT2D eigenvalue weighted by Crippen LogP contribution is -2.37. The van der Waals surface area contributed by atoms with Crippen molar-refractivity contribution >= 4 is 17.2 Å². The fraction of sp³-hybridized carbons (Fsp3) is 0.833. The molecule has 10 heavy (non-hydrogen) atoms. The fourth-order valence-electron chi connectivity index (χ4n) is 0.403. The maximum atomic E-state index is 4.89. The van der Waals surface area contributed by atoms with Crippen LogP contribution >= 0.6 is 12.2 Å². The Morgan fingerprint density at radius 1 is 1.60 bits per heavy atom. The molecule has 3 nitrogen and oxygen atoms in total. The van der Waals surface area contributed by atoms with Crippen molar-refractivity contribution in [3.63, 3.8) is 0 Å². The molecule has 0 bridgehead atoms. The van der Waals surface area contributed by atoms with Gasteiger partial charge in [-0.05, 0) is 6.42 Å². The molecule has 0 aliphatic heterocycles. The van der Waals surface area contributed by atoms with Crippen molar-refractivity contribution in [1.82, 2.24) is 10.9 Å². The van der Waals surface area contributed by atoms with Crippen molar-refractivity contribution in [3.8, 4) is 0 Å². The molecule has 4 heteroatoms. The Balaban J connectivity index is 2.96. The van der Waals surface area contributed by atoms with Crippen LogP contribution in [0, 0.1) is 0 Å². The highest BCUT2D eigenvalue weighted by Crippen LogP contribution is 1.75. The second-order valence-corrected chi connectivity index (χ2v) is 2.31. The summed E-state index contributed by atoms with van der Waals surface area (Å²) in [5, 5.41) is 0. The van der Waals surface area contributed by atoms with Crippen LogP contribution in [0.5, 0.6) is 0 Å². The van der Waals surface area contributed by atoms with Crippen LogP contribution in [0.25, 0.3) is 0 Å². The molecule has 0 amide bonds. The molecule has 0 saturated heterocycles. The van der Waals surface area contributed by atoms with E-state index in [-0.39, 0.29) is 0 Å². The Morgan fingerprint density at radius 3 is 2.80 bits per heavy atom. The minimum absolute atomic E-state index is 0.694. The number of ether oxygens (including phenoxy) is 1. The average molecular weight is 162 g/mol. The zero-order valence-electron chi connectivity index (χ0n) is 6.44. The molecule has 0 aliphatic carbocycles. The van der Waals surface area contributed by atoms with Gasteiger partial charge in [-0.1, -0.05) is 19.1 Å². The predicted molar refractivity (Wildman–Crippen MR) is 45.9 cm³/mol. The molecule has 0 aromatic carbocycles. The van der Waals surface area contributed by atoms with E-state index in [4.69, 9.17) is 17.0 Å². The highest BCUT2D eigenvalue weighted by molar-refractivity contribution is 7.80. The fourth-order valence-corrected chi connectivity index (χ4v) is 0.475. The number of nitrogens with one attached hydrogen (secondary N) is 2. The van der Waals surface area contributed by atoms with E-state index in [9.17, 15) is 0 Å². The van der Waals surface area contributed by atoms with Crippen molar-refractivity contribution in [1.29, 1.82) is 0 Å². The summed E-state index contributed by atoms with van der Waals surface area (Å²) in [6, 6.07) is 0. The zero-order valence-corrected chi connectivity index (χ0v) is 7.25. The van der Waals surface area contributed by atoms with Crippen LogP contribution in [0.2, 0.25) is 0 Å². The van der Waals surface area contributed by atoms with E-state index in [1.807, 2.05) is 6.92 Å². The third-order valence-electron chi connectivity index (χ3n) is 0.980. The number of hydrazine groups is 1. The Hall–Kier alpha value is -0.190. The molecule has 0 heterocycles. The van der Waals surface area contributed by atoms with Gasteiger partial charge in [0, 0.05) is 13.7 Å². The molecule has 0 rings (SSSR count). The Bertz CT molecular complexity index is 97.7. The van der Waals surface area contributed by atoms with E-state index >= 15 is 0 Å². The summed E-state index contributed by atoms with van der Waals surface area (Å²) >= 11 is 4.89. The summed E-state index contributed by atoms with van der Waals surface area (Å²) in [5.74, 6) is 0. The third-order valence-corrected chi connectivity index (χ3v) is 1.37. The minimum atomic E-state index is 0.694. The molecule has 60 valence electrons. The molecule has 0 aromatic rings. The molecule has 0 atom stereocenters. The van der Waals surface area contributed by atoms with Crippen molar-refractivity contribution in [2.45, 2.75) is 13.3 Å². The Morgan fingerprint density at radius 2 is 2.30 bits per heavy atom. The number of methoxy groups -OCH3 is 1. The number of thiocarbonyl (C=S) groups is 1. The smallest absolute Gasteiger partial charge is 0.0892 e. The Kier molecular flexibility index (Phi) is 6.79. The molecular weight excluding hydrogens is 148 g/mol. The molecule has 0 aromatic heterocycles. The van der Waals surface area contributed by atoms with E-state index in [2.05, 4.69) is 10.9 Å². The van der Waals surface area contributed by atoms with E-state index < -0.39 is 0 Å². The second-order valence-electron chi connectivity index (χ2n) is 1.82. The van der Waals surface area contributed by atoms with E-state index in [0.717, 1.165) is 18.0 Å². The van der Waals surface area contributed by atoms with Crippen LogP contribution in [0.3, 0.4) is 0 Å². The zero-order chi connectivity index (χ0) is 7.82. The van der Waals surface area contributed by atoms with E-state index in [0.29, 0.717) is 6.61 Å². The van der Waals surface area contributed by atoms with Crippen molar-refractivity contribution in [3.05, 3.63) is 0 Å². The van der Waals surface area contributed by atoms with E-state index in [1.54, 1.807) is 7.11 Å². The van der Waals surface area contributed by atoms with Gasteiger partial charge in [-0.25, -0.2) is 5.43 Å². The second kappa shape index (κ2) is 6.92. The van der Waals surface area contributed by atoms with Crippen molar-refractivity contribution in [2.24, 2.45) is 0 Å². The van der Waals surface area contributed by atoms with Gasteiger partial charge in [0.25, 0.3) is 0 Å². The Labute approximate surface area is 67.1 Å². The summed E-state index contributed by atoms with van der Waals surface area (Å²) in [6.07, 6.45) is 0.870. The van der Waals surface area contributed by atoms with Gasteiger partial charge >= 0.3 is 0 Å². The van der Waals surface area contributed by atoms with E-state index in [1.165, 1.54) is 0 Å². The van der Waals surface area contributed by atoms with Gasteiger partial charge in [0.15, 0.2) is 0 Å². The first-order chi connectivity index (χ1) is 4.81. The van der Waals surface area contributed by atoms with Gasteiger partial charge in [-0.2, -0.15) is 0 Å². The van der Waals surface area contributed by atoms with Crippen molar-refractivity contribution < 1.29 is 4.74 Å². The van der Waals surface area contributed by atoms with Crippen LogP contribution in [-0.2, 0) is 4.74 Å². The van der Waals surface area contributed by atoms with Gasteiger partial charge in [-0.15, -0.1) is 0 Å². The van der Waals surface area contributed by atoms with Crippen LogP contribution in [-0.4, -0.2) is 25.2 Å². The third kappa shape index (κ3) is 5.94.